The van der Waals surface area contributed by atoms with Crippen LogP contribution in [-0.2, 0) is 11.3 Å². The van der Waals surface area contributed by atoms with Crippen molar-refractivity contribution in [2.75, 3.05) is 0 Å². The molecule has 1 N–H and O–H groups in total. The average Bonchev–Trinajstić information content (AvgIpc) is 2.32. The Labute approximate surface area is 104 Å². The largest absolute Gasteiger partial charge is 0.352 e. The molecule has 94 valence electrons. The van der Waals surface area contributed by atoms with Gasteiger partial charge in [0.15, 0.2) is 0 Å². The summed E-state index contributed by atoms with van der Waals surface area (Å²) in [5, 5.41) is 7.36. The molecule has 0 radical (unpaired) electrons. The summed E-state index contributed by atoms with van der Waals surface area (Å²) in [5.41, 5.74) is 0.537. The number of carbonyl (C=O) groups is 1. The fraction of sp³-hybridized carbons (Fsp3) is 0.308. The molecule has 1 heterocycles. The molecule has 0 unspecified atom stereocenters. The molecule has 0 spiro atoms. The Morgan fingerprint density at radius 1 is 1.39 bits per heavy atom. The first-order valence-corrected chi connectivity index (χ1v) is 5.82. The van der Waals surface area contributed by atoms with Gasteiger partial charge in [-0.25, -0.2) is 0 Å². The first-order valence-electron chi connectivity index (χ1n) is 5.82. The van der Waals surface area contributed by atoms with Crippen molar-refractivity contribution < 1.29 is 4.79 Å². The lowest BCUT2D eigenvalue weighted by atomic mass is 10.2. The van der Waals surface area contributed by atoms with Gasteiger partial charge < -0.3 is 5.32 Å². The van der Waals surface area contributed by atoms with Crippen molar-refractivity contribution in [3.63, 3.8) is 0 Å². The van der Waals surface area contributed by atoms with E-state index in [1.807, 2.05) is 19.9 Å². The van der Waals surface area contributed by atoms with Gasteiger partial charge in [0, 0.05) is 11.4 Å². The monoisotopic (exact) mass is 245 g/mol. The highest BCUT2D eigenvalue weighted by Crippen LogP contribution is 2.07. The standard InChI is InChI=1S/C13H15N3O2/c1-9(2)15-13(18)8-16-11-6-4-3-5-10(11)12(17)7-14-16/h3-7,9H,8H2,1-2H3,(H,15,18). The maximum atomic E-state index is 11.7. The zero-order valence-electron chi connectivity index (χ0n) is 10.4. The van der Waals surface area contributed by atoms with Crippen molar-refractivity contribution >= 4 is 16.8 Å². The highest BCUT2D eigenvalue weighted by molar-refractivity contribution is 5.81. The number of nitrogens with one attached hydrogen (secondary N) is 1. The molecule has 5 nitrogen and oxygen atoms in total. The molecule has 0 fully saturated rings. The van der Waals surface area contributed by atoms with Gasteiger partial charge >= 0.3 is 0 Å². The Balaban J connectivity index is 2.37. The van der Waals surface area contributed by atoms with Crippen molar-refractivity contribution in [1.29, 1.82) is 0 Å². The number of hydrogen-bond donors (Lipinski definition) is 1. The minimum absolute atomic E-state index is 0.0862. The summed E-state index contributed by atoms with van der Waals surface area (Å²) >= 11 is 0. The smallest absolute Gasteiger partial charge is 0.241 e. The molecule has 18 heavy (non-hydrogen) atoms. The van der Waals surface area contributed by atoms with Crippen molar-refractivity contribution in [3.05, 3.63) is 40.7 Å². The van der Waals surface area contributed by atoms with E-state index in [1.54, 1.807) is 18.2 Å². The van der Waals surface area contributed by atoms with Crippen molar-refractivity contribution in [3.8, 4) is 0 Å². The predicted octanol–water partition coefficient (Wildman–Crippen LogP) is 0.921. The molecule has 0 aliphatic carbocycles. The van der Waals surface area contributed by atoms with Crippen molar-refractivity contribution in [2.45, 2.75) is 26.4 Å². The van der Waals surface area contributed by atoms with Gasteiger partial charge in [-0.2, -0.15) is 5.10 Å². The summed E-state index contributed by atoms with van der Waals surface area (Å²) in [7, 11) is 0. The van der Waals surface area contributed by atoms with Crippen LogP contribution in [0.4, 0.5) is 0 Å². The number of rotatable bonds is 3. The fourth-order valence-electron chi connectivity index (χ4n) is 1.79. The number of hydrogen-bond acceptors (Lipinski definition) is 3. The van der Waals surface area contributed by atoms with E-state index in [1.165, 1.54) is 10.9 Å². The van der Waals surface area contributed by atoms with Crippen LogP contribution in [0.2, 0.25) is 0 Å². The van der Waals surface area contributed by atoms with Crippen molar-refractivity contribution in [1.82, 2.24) is 15.1 Å². The summed E-state index contributed by atoms with van der Waals surface area (Å²) in [4.78, 5) is 23.3. The summed E-state index contributed by atoms with van der Waals surface area (Å²) in [6, 6.07) is 7.22. The molecule has 0 aliphatic rings. The number of carbonyl (C=O) groups excluding carboxylic acids is 1. The number of aromatic nitrogens is 2. The molecule has 1 amide bonds. The molecule has 0 aliphatic heterocycles. The second kappa shape index (κ2) is 5.00. The number of fused-ring (bicyclic) bond motifs is 1. The lowest BCUT2D eigenvalue weighted by Gasteiger charge is -2.11. The minimum atomic E-state index is -0.133. The number of benzene rings is 1. The van der Waals surface area contributed by atoms with E-state index in [4.69, 9.17) is 0 Å². The lowest BCUT2D eigenvalue weighted by molar-refractivity contribution is -0.122. The Hall–Kier alpha value is -2.17. The minimum Gasteiger partial charge on any atom is -0.352 e. The molecular formula is C13H15N3O2. The molecule has 2 rings (SSSR count). The Kier molecular flexibility index (Phi) is 3.41. The van der Waals surface area contributed by atoms with Gasteiger partial charge in [0.25, 0.3) is 0 Å². The zero-order valence-corrected chi connectivity index (χ0v) is 10.4. The van der Waals surface area contributed by atoms with E-state index in [2.05, 4.69) is 10.4 Å². The Morgan fingerprint density at radius 2 is 2.11 bits per heavy atom. The summed E-state index contributed by atoms with van der Waals surface area (Å²) in [6.07, 6.45) is 1.24. The molecule has 2 aromatic rings. The maximum absolute atomic E-state index is 11.7. The molecule has 0 bridgehead atoms. The van der Waals surface area contributed by atoms with Crippen LogP contribution in [-0.4, -0.2) is 21.7 Å². The molecular weight excluding hydrogens is 230 g/mol. The summed E-state index contributed by atoms with van der Waals surface area (Å²) in [5.74, 6) is -0.119. The van der Waals surface area contributed by atoms with Gasteiger partial charge in [0.2, 0.25) is 11.3 Å². The third kappa shape index (κ3) is 2.56. The molecule has 0 atom stereocenters. The van der Waals surface area contributed by atoms with Crippen LogP contribution in [0.3, 0.4) is 0 Å². The van der Waals surface area contributed by atoms with Gasteiger partial charge in [-0.1, -0.05) is 12.1 Å². The van der Waals surface area contributed by atoms with Gasteiger partial charge in [-0.05, 0) is 26.0 Å². The molecule has 5 heteroatoms. The number of nitrogens with zero attached hydrogens (tertiary/aromatic N) is 2. The second-order valence-corrected chi connectivity index (χ2v) is 4.41. The molecule has 0 saturated carbocycles. The van der Waals surface area contributed by atoms with Gasteiger partial charge in [0.05, 0.1) is 11.7 Å². The van der Waals surface area contributed by atoms with Gasteiger partial charge in [-0.3, -0.25) is 14.3 Å². The van der Waals surface area contributed by atoms with Crippen LogP contribution in [0.5, 0.6) is 0 Å². The van der Waals surface area contributed by atoms with Gasteiger partial charge in [-0.15, -0.1) is 0 Å². The average molecular weight is 245 g/mol. The highest BCUT2D eigenvalue weighted by atomic mass is 16.2. The Bertz CT molecular complexity index is 631. The zero-order chi connectivity index (χ0) is 13.1. The van der Waals surface area contributed by atoms with Crippen LogP contribution < -0.4 is 10.7 Å². The lowest BCUT2D eigenvalue weighted by Crippen LogP contribution is -2.34. The van der Waals surface area contributed by atoms with E-state index in [9.17, 15) is 9.59 Å². The van der Waals surface area contributed by atoms with Crippen LogP contribution in [0.15, 0.2) is 35.3 Å². The first-order chi connectivity index (χ1) is 8.58. The van der Waals surface area contributed by atoms with E-state index in [0.29, 0.717) is 10.9 Å². The first kappa shape index (κ1) is 12.3. The predicted molar refractivity (Wildman–Crippen MR) is 69.3 cm³/mol. The van der Waals surface area contributed by atoms with E-state index < -0.39 is 0 Å². The van der Waals surface area contributed by atoms with Crippen LogP contribution >= 0.6 is 0 Å². The highest BCUT2D eigenvalue weighted by Gasteiger charge is 2.08. The quantitative estimate of drug-likeness (QED) is 0.874. The normalized spacial score (nSPS) is 10.8. The maximum Gasteiger partial charge on any atom is 0.241 e. The summed E-state index contributed by atoms with van der Waals surface area (Å²) < 4.78 is 1.54. The number of para-hydroxylation sites is 1. The molecule has 1 aromatic carbocycles. The molecule has 1 aromatic heterocycles. The van der Waals surface area contributed by atoms with Crippen LogP contribution in [0, 0.1) is 0 Å². The SMILES string of the molecule is CC(C)NC(=O)Cn1ncc(=O)c2ccccc21. The third-order valence-electron chi connectivity index (χ3n) is 2.50. The third-order valence-corrected chi connectivity index (χ3v) is 2.50. The summed E-state index contributed by atoms with van der Waals surface area (Å²) in [6.45, 7) is 3.91. The topological polar surface area (TPSA) is 64.0 Å². The van der Waals surface area contributed by atoms with Gasteiger partial charge in [0.1, 0.15) is 6.54 Å². The van der Waals surface area contributed by atoms with Crippen LogP contribution in [0.1, 0.15) is 13.8 Å². The Morgan fingerprint density at radius 3 is 2.83 bits per heavy atom. The van der Waals surface area contributed by atoms with E-state index >= 15 is 0 Å². The second-order valence-electron chi connectivity index (χ2n) is 4.41. The number of amides is 1. The fourth-order valence-corrected chi connectivity index (χ4v) is 1.79. The van der Waals surface area contributed by atoms with E-state index in [0.717, 1.165) is 0 Å². The molecule has 0 saturated heterocycles. The van der Waals surface area contributed by atoms with Crippen molar-refractivity contribution in [2.24, 2.45) is 0 Å². The van der Waals surface area contributed by atoms with E-state index in [-0.39, 0.29) is 23.9 Å². The van der Waals surface area contributed by atoms with Crippen LogP contribution in [0.25, 0.3) is 10.9 Å².